The van der Waals surface area contributed by atoms with Gasteiger partial charge in [-0.1, -0.05) is 48.5 Å². The average Bonchev–Trinajstić information content (AvgIpc) is 2.74. The highest BCUT2D eigenvalue weighted by molar-refractivity contribution is 5.97. The van der Waals surface area contributed by atoms with Crippen molar-refractivity contribution in [3.8, 4) is 11.5 Å². The molecule has 0 bridgehead atoms. The smallest absolute Gasteiger partial charge is 0.243 e. The Kier molecular flexibility index (Phi) is 5.27. The molecule has 5 nitrogen and oxygen atoms in total. The Morgan fingerprint density at radius 2 is 1.53 bits per heavy atom. The van der Waals surface area contributed by atoms with Gasteiger partial charge >= 0.3 is 0 Å². The van der Waals surface area contributed by atoms with Crippen molar-refractivity contribution in [3.63, 3.8) is 0 Å². The second-order valence-electron chi connectivity index (χ2n) is 7.67. The average molecular weight is 400 g/mol. The molecule has 3 aromatic carbocycles. The van der Waals surface area contributed by atoms with E-state index in [1.54, 1.807) is 7.05 Å². The summed E-state index contributed by atoms with van der Waals surface area (Å²) in [5.41, 5.74) is 4.43. The number of nitrogens with zero attached hydrogens (tertiary/aromatic N) is 1. The lowest BCUT2D eigenvalue weighted by Crippen LogP contribution is -2.38. The number of para-hydroxylation sites is 2. The van der Waals surface area contributed by atoms with Crippen LogP contribution in [0.25, 0.3) is 0 Å². The fourth-order valence-electron chi connectivity index (χ4n) is 3.75. The summed E-state index contributed by atoms with van der Waals surface area (Å²) in [5, 5.41) is 2.92. The first-order chi connectivity index (χ1) is 14.4. The van der Waals surface area contributed by atoms with Crippen LogP contribution in [0.3, 0.4) is 0 Å². The second kappa shape index (κ2) is 8.03. The zero-order valence-corrected chi connectivity index (χ0v) is 17.3. The molecule has 1 N–H and O–H groups in total. The van der Waals surface area contributed by atoms with Crippen LogP contribution in [0.5, 0.6) is 11.5 Å². The second-order valence-corrected chi connectivity index (χ2v) is 7.67. The quantitative estimate of drug-likeness (QED) is 0.694. The monoisotopic (exact) mass is 400 g/mol. The van der Waals surface area contributed by atoms with Crippen molar-refractivity contribution in [2.24, 2.45) is 0 Å². The molecule has 0 saturated carbocycles. The molecule has 0 aromatic heterocycles. The molecule has 0 radical (unpaired) electrons. The van der Waals surface area contributed by atoms with Gasteiger partial charge in [-0.05, 0) is 43.2 Å². The predicted molar refractivity (Wildman–Crippen MR) is 117 cm³/mol. The van der Waals surface area contributed by atoms with Crippen LogP contribution in [0, 0.1) is 13.8 Å². The van der Waals surface area contributed by atoms with Gasteiger partial charge in [0.2, 0.25) is 11.8 Å². The minimum atomic E-state index is -0.510. The van der Waals surface area contributed by atoms with Crippen LogP contribution in [-0.2, 0) is 9.59 Å². The summed E-state index contributed by atoms with van der Waals surface area (Å²) >= 11 is 0. The highest BCUT2D eigenvalue weighted by atomic mass is 16.5. The summed E-state index contributed by atoms with van der Waals surface area (Å²) in [6, 6.07) is 21.0. The Morgan fingerprint density at radius 1 is 0.933 bits per heavy atom. The summed E-state index contributed by atoms with van der Waals surface area (Å²) in [6.45, 7) is 3.89. The van der Waals surface area contributed by atoms with E-state index < -0.39 is 5.92 Å². The Labute approximate surface area is 176 Å². The Morgan fingerprint density at radius 3 is 2.17 bits per heavy atom. The molecule has 0 fully saturated rings. The van der Waals surface area contributed by atoms with Crippen LogP contribution in [-0.4, -0.2) is 30.3 Å². The number of aryl methyl sites for hydroxylation is 2. The number of hydrogen-bond donors (Lipinski definition) is 1. The van der Waals surface area contributed by atoms with E-state index in [0.717, 1.165) is 27.9 Å². The van der Waals surface area contributed by atoms with Gasteiger partial charge in [0.1, 0.15) is 11.5 Å². The van der Waals surface area contributed by atoms with Gasteiger partial charge in [-0.15, -0.1) is 0 Å². The Hall–Kier alpha value is -3.60. The minimum Gasteiger partial charge on any atom is -0.457 e. The maximum atomic E-state index is 13.4. The van der Waals surface area contributed by atoms with Crippen molar-refractivity contribution in [1.29, 1.82) is 0 Å². The van der Waals surface area contributed by atoms with Gasteiger partial charge in [-0.25, -0.2) is 0 Å². The molecular formula is C25H24N2O3. The predicted octanol–water partition coefficient (Wildman–Crippen LogP) is 4.64. The van der Waals surface area contributed by atoms with E-state index in [0.29, 0.717) is 11.5 Å². The van der Waals surface area contributed by atoms with E-state index in [1.165, 1.54) is 4.90 Å². The number of carbonyl (C=O) groups excluding carboxylic acids is 2. The maximum absolute atomic E-state index is 13.4. The molecule has 0 unspecified atom stereocenters. The Balaban J connectivity index is 1.56. The van der Waals surface area contributed by atoms with Crippen molar-refractivity contribution in [1.82, 2.24) is 4.90 Å². The van der Waals surface area contributed by atoms with Crippen LogP contribution in [0.1, 0.15) is 28.2 Å². The summed E-state index contributed by atoms with van der Waals surface area (Å²) in [4.78, 5) is 27.5. The van der Waals surface area contributed by atoms with E-state index in [1.807, 2.05) is 80.6 Å². The first kappa shape index (κ1) is 19.7. The van der Waals surface area contributed by atoms with Gasteiger partial charge in [0, 0.05) is 23.9 Å². The van der Waals surface area contributed by atoms with E-state index >= 15 is 0 Å². The third kappa shape index (κ3) is 3.79. The van der Waals surface area contributed by atoms with E-state index in [2.05, 4.69) is 5.32 Å². The molecule has 4 rings (SSSR count). The zero-order chi connectivity index (χ0) is 21.3. The standard InChI is InChI=1S/C25H24N2O3/c1-16-12-13-17(2)20(14-16)26-23(28)15-27(3)25(29)24-18-8-4-6-10-21(18)30-22-11-7-5-9-19(22)24/h4-14,24H,15H2,1-3H3,(H,26,28). The lowest BCUT2D eigenvalue weighted by molar-refractivity contribution is -0.134. The molecule has 0 atom stereocenters. The number of anilines is 1. The van der Waals surface area contributed by atoms with Crippen molar-refractivity contribution in [2.45, 2.75) is 19.8 Å². The molecule has 30 heavy (non-hydrogen) atoms. The number of rotatable bonds is 4. The van der Waals surface area contributed by atoms with Gasteiger partial charge in [0.05, 0.1) is 12.5 Å². The molecule has 5 heteroatoms. The van der Waals surface area contributed by atoms with Gasteiger partial charge in [-0.2, -0.15) is 0 Å². The number of benzene rings is 3. The lowest BCUT2D eigenvalue weighted by Gasteiger charge is -2.30. The van der Waals surface area contributed by atoms with Crippen molar-refractivity contribution in [3.05, 3.63) is 89.0 Å². The van der Waals surface area contributed by atoms with Crippen molar-refractivity contribution in [2.75, 3.05) is 18.9 Å². The number of carbonyl (C=O) groups is 2. The molecule has 152 valence electrons. The van der Waals surface area contributed by atoms with Gasteiger partial charge in [0.25, 0.3) is 0 Å². The topological polar surface area (TPSA) is 58.6 Å². The van der Waals surface area contributed by atoms with Gasteiger partial charge in [-0.3, -0.25) is 9.59 Å². The molecule has 2 amide bonds. The van der Waals surface area contributed by atoms with Crippen LogP contribution in [0.4, 0.5) is 5.69 Å². The summed E-state index contributed by atoms with van der Waals surface area (Å²) in [5.74, 6) is 0.456. The third-order valence-corrected chi connectivity index (χ3v) is 5.35. The summed E-state index contributed by atoms with van der Waals surface area (Å²) < 4.78 is 5.97. The van der Waals surface area contributed by atoms with Gasteiger partial charge < -0.3 is 15.0 Å². The van der Waals surface area contributed by atoms with Crippen LogP contribution in [0.2, 0.25) is 0 Å². The van der Waals surface area contributed by atoms with Crippen molar-refractivity contribution >= 4 is 17.5 Å². The first-order valence-electron chi connectivity index (χ1n) is 9.92. The molecule has 1 aliphatic heterocycles. The number of likely N-dealkylation sites (N-methyl/N-ethyl adjacent to an activating group) is 1. The number of amides is 2. The lowest BCUT2D eigenvalue weighted by atomic mass is 9.87. The van der Waals surface area contributed by atoms with Crippen LogP contribution < -0.4 is 10.1 Å². The molecule has 3 aromatic rings. The van der Waals surface area contributed by atoms with E-state index in [4.69, 9.17) is 4.74 Å². The van der Waals surface area contributed by atoms with E-state index in [9.17, 15) is 9.59 Å². The fraction of sp³-hybridized carbons (Fsp3) is 0.200. The van der Waals surface area contributed by atoms with Gasteiger partial charge in [0.15, 0.2) is 0 Å². The largest absolute Gasteiger partial charge is 0.457 e. The number of hydrogen-bond acceptors (Lipinski definition) is 3. The van der Waals surface area contributed by atoms with Crippen LogP contribution in [0.15, 0.2) is 66.7 Å². The van der Waals surface area contributed by atoms with Crippen molar-refractivity contribution < 1.29 is 14.3 Å². The maximum Gasteiger partial charge on any atom is 0.243 e. The summed E-state index contributed by atoms with van der Waals surface area (Å²) in [7, 11) is 1.66. The highest BCUT2D eigenvalue weighted by Gasteiger charge is 2.34. The van der Waals surface area contributed by atoms with E-state index in [-0.39, 0.29) is 18.4 Å². The molecule has 0 aliphatic carbocycles. The SMILES string of the molecule is Cc1ccc(C)c(NC(=O)CN(C)C(=O)C2c3ccccc3Oc3ccccc32)c1. The first-order valence-corrected chi connectivity index (χ1v) is 9.92. The molecule has 0 saturated heterocycles. The number of ether oxygens (including phenoxy) is 1. The molecule has 0 spiro atoms. The molecule has 1 aliphatic rings. The fourth-order valence-corrected chi connectivity index (χ4v) is 3.75. The highest BCUT2D eigenvalue weighted by Crippen LogP contribution is 2.44. The summed E-state index contributed by atoms with van der Waals surface area (Å²) in [6.07, 6.45) is 0. The minimum absolute atomic E-state index is 0.0338. The number of fused-ring (bicyclic) bond motifs is 2. The Bertz CT molecular complexity index is 1080. The third-order valence-electron chi connectivity index (χ3n) is 5.35. The number of nitrogens with one attached hydrogen (secondary N) is 1. The molecule has 1 heterocycles. The normalized spacial score (nSPS) is 12.4. The molecular weight excluding hydrogens is 376 g/mol. The van der Waals surface area contributed by atoms with Crippen LogP contribution >= 0.6 is 0 Å². The zero-order valence-electron chi connectivity index (χ0n) is 17.3.